The maximum atomic E-state index is 13.2. The van der Waals surface area contributed by atoms with Crippen molar-refractivity contribution in [3.05, 3.63) is 86.0 Å². The Labute approximate surface area is 443 Å². The van der Waals surface area contributed by atoms with Gasteiger partial charge in [-0.05, 0) is 78.5 Å². The maximum absolute atomic E-state index is 13.2. The van der Waals surface area contributed by atoms with Crippen molar-refractivity contribution in [2.24, 2.45) is 23.5 Å². The first-order valence-electron chi connectivity index (χ1n) is 22.7. The molecule has 3 saturated heterocycles. The molecule has 3 aliphatic rings. The van der Waals surface area contributed by atoms with Gasteiger partial charge in [0.1, 0.15) is 47.9 Å². The van der Waals surface area contributed by atoms with E-state index in [4.69, 9.17) is 25.1 Å². The van der Waals surface area contributed by atoms with Gasteiger partial charge >= 0.3 is 30.9 Å². The van der Waals surface area contributed by atoms with Gasteiger partial charge in [-0.1, -0.05) is 58.9 Å². The van der Waals surface area contributed by atoms with Crippen molar-refractivity contribution in [1.82, 2.24) is 25.3 Å². The SMILES string of the molecule is CSC1O[C@H]([C@H](N)[C@H](C)Sc2ccc(-c3cncnc3)cc2)C(O)[C@@H](O)[C@H]1O.CSC1O[C@H]([C@H](NC(=O)C(F)(F)F)[C@H](C)Sc2ccc(-c3cncnc3)cc2)C(C)[C@@H](C)[C@H]1C.OCC1CCCO1.[Li+].[OH-]. The first-order chi connectivity index (χ1) is 32.9. The third-order valence-electron chi connectivity index (χ3n) is 12.7. The fourth-order valence-corrected chi connectivity index (χ4v) is 11.9. The molecule has 388 valence electrons. The molecule has 71 heavy (non-hydrogen) atoms. The van der Waals surface area contributed by atoms with Crippen molar-refractivity contribution < 1.29 is 76.9 Å². The number of nitrogens with one attached hydrogen (secondary N) is 1. The Morgan fingerprint density at radius 3 is 1.63 bits per heavy atom. The molecule has 0 bridgehead atoms. The summed E-state index contributed by atoms with van der Waals surface area (Å²) in [4.78, 5) is 30.0. The number of amides is 1. The molecule has 2 aromatic heterocycles. The van der Waals surface area contributed by atoms with Crippen LogP contribution in [0.3, 0.4) is 0 Å². The minimum Gasteiger partial charge on any atom is -0.870 e. The number of rotatable bonds is 14. The number of carbonyl (C=O) groups is 1. The molecule has 3 aliphatic heterocycles. The number of nitrogens with two attached hydrogens (primary N) is 1. The molecule has 15 atom stereocenters. The Morgan fingerprint density at radius 2 is 1.21 bits per heavy atom. The van der Waals surface area contributed by atoms with Gasteiger partial charge in [-0.3, -0.25) is 4.79 Å². The fourth-order valence-electron chi connectivity index (χ4n) is 8.18. The van der Waals surface area contributed by atoms with Crippen molar-refractivity contribution in [1.29, 1.82) is 0 Å². The van der Waals surface area contributed by atoms with Crippen LogP contribution in [0.2, 0.25) is 0 Å². The standard InChI is InChI=1S/C24H30F3N3O2S2.C19H25N3O4S2.C5H10O2.Li.H2O/c1-13-14(2)21(32-22(33-5)15(13)3)20(30-23(31)24(25,26)27)16(4)34-19-8-6-17(7-9-19)18-10-28-12-29-11-18;1-10(14(20)18-16(24)15(23)17(25)19(26-18)27-2)28-13-5-3-11(4-6-13)12-7-21-9-22-8-12;6-4-5-2-1-3-7-5;;/h6-16,20-22H,1-5H3,(H,30,31);3-10,14-19,23-25H,20H2,1-2H3;5-6H,1-4H2;;1H2/q;;;+1;/p-1/t13-,14?,15-,16+,20-,21+,22?;10-,14+,15+,16?,17+,18+,19?;;;/m10.../s1. The largest absolute Gasteiger partial charge is 1.00 e. The molecule has 5 unspecified atom stereocenters. The number of aliphatic hydroxyl groups is 4. The number of hydrogen-bond acceptors (Lipinski definition) is 18. The normalized spacial score (nSPS) is 27.9. The van der Waals surface area contributed by atoms with Gasteiger partial charge in [-0.15, -0.1) is 47.0 Å². The monoisotopic (exact) mass is 1060 g/mol. The molecule has 2 aromatic carbocycles. The molecule has 3 fully saturated rings. The fraction of sp³-hybridized carbons (Fsp3) is 0.562. The maximum Gasteiger partial charge on any atom is 1.00 e. The van der Waals surface area contributed by atoms with E-state index in [9.17, 15) is 33.3 Å². The average Bonchev–Trinajstić information content (AvgIpc) is 3.90. The number of nitrogens with zero attached hydrogens (tertiary/aromatic N) is 4. The summed E-state index contributed by atoms with van der Waals surface area (Å²) >= 11 is 5.80. The van der Waals surface area contributed by atoms with Crippen LogP contribution < -0.4 is 29.9 Å². The number of thioether (sulfide) groups is 4. The van der Waals surface area contributed by atoms with Crippen molar-refractivity contribution in [2.75, 3.05) is 25.7 Å². The van der Waals surface area contributed by atoms with E-state index < -0.39 is 60.1 Å². The Bertz CT molecular complexity index is 2130. The molecule has 0 radical (unpaired) electrons. The van der Waals surface area contributed by atoms with Crippen LogP contribution in [0.5, 0.6) is 0 Å². The van der Waals surface area contributed by atoms with Gasteiger partial charge in [0.05, 0.1) is 24.9 Å². The molecule has 1 amide bonds. The summed E-state index contributed by atoms with van der Waals surface area (Å²) in [5.41, 5.74) is 9.35. The summed E-state index contributed by atoms with van der Waals surface area (Å²) in [5.74, 6) is -1.49. The van der Waals surface area contributed by atoms with E-state index in [-0.39, 0.29) is 70.7 Å². The molecular weight excluding hydrogens is 997 g/mol. The van der Waals surface area contributed by atoms with Crippen LogP contribution >= 0.6 is 47.0 Å². The van der Waals surface area contributed by atoms with E-state index in [2.05, 4.69) is 39.1 Å². The molecule has 5 heterocycles. The van der Waals surface area contributed by atoms with Gasteiger partial charge < -0.3 is 51.2 Å². The van der Waals surface area contributed by atoms with Gasteiger partial charge in [0, 0.05) is 68.9 Å². The van der Waals surface area contributed by atoms with Gasteiger partial charge in [0.25, 0.3) is 0 Å². The zero-order valence-corrected chi connectivity index (χ0v) is 44.3. The molecule has 0 saturated carbocycles. The number of aliphatic hydroxyl groups excluding tert-OH is 4. The minimum atomic E-state index is -4.96. The summed E-state index contributed by atoms with van der Waals surface area (Å²) in [6.45, 7) is 11.0. The number of halogens is 3. The predicted molar refractivity (Wildman–Crippen MR) is 269 cm³/mol. The summed E-state index contributed by atoms with van der Waals surface area (Å²) in [6.07, 6.45) is 5.98. The van der Waals surface area contributed by atoms with Gasteiger partial charge in [0.2, 0.25) is 0 Å². The van der Waals surface area contributed by atoms with Crippen LogP contribution in [0.1, 0.15) is 47.5 Å². The van der Waals surface area contributed by atoms with E-state index >= 15 is 0 Å². The zero-order valence-electron chi connectivity index (χ0n) is 41.1. The molecule has 4 aromatic rings. The smallest absolute Gasteiger partial charge is 0.870 e. The molecule has 15 nitrogen and oxygen atoms in total. The molecule has 23 heteroatoms. The quantitative estimate of drug-likeness (QED) is 0.0778. The van der Waals surface area contributed by atoms with Crippen LogP contribution in [0, 0.1) is 17.8 Å². The Morgan fingerprint density at radius 1 is 0.732 bits per heavy atom. The molecule has 0 aliphatic carbocycles. The number of carbonyl (C=O) groups excluding carboxylic acids is 1. The van der Waals surface area contributed by atoms with Crippen molar-refractivity contribution in [2.45, 2.75) is 134 Å². The summed E-state index contributed by atoms with van der Waals surface area (Å²) in [7, 11) is 0. The number of ether oxygens (including phenoxy) is 3. The minimum absolute atomic E-state index is 0. The third-order valence-corrected chi connectivity index (χ3v) is 17.0. The topological polar surface area (TPSA) is 245 Å². The van der Waals surface area contributed by atoms with Crippen LogP contribution in [0.25, 0.3) is 22.3 Å². The Hall–Kier alpha value is -2.50. The van der Waals surface area contributed by atoms with Crippen LogP contribution in [-0.2, 0) is 19.0 Å². The van der Waals surface area contributed by atoms with Crippen LogP contribution in [-0.4, -0.2) is 154 Å². The summed E-state index contributed by atoms with van der Waals surface area (Å²) < 4.78 is 56.7. The van der Waals surface area contributed by atoms with E-state index in [0.29, 0.717) is 0 Å². The summed E-state index contributed by atoms with van der Waals surface area (Å²) in [6, 6.07) is 14.3. The predicted octanol–water partition coefficient (Wildman–Crippen LogP) is 3.77. The van der Waals surface area contributed by atoms with Gasteiger partial charge in [-0.2, -0.15) is 13.2 Å². The number of aromatic nitrogens is 4. The second-order valence-corrected chi connectivity index (χ2v) is 22.1. The summed E-state index contributed by atoms with van der Waals surface area (Å²) in [5, 5.41) is 40.7. The van der Waals surface area contributed by atoms with Crippen LogP contribution in [0.4, 0.5) is 13.2 Å². The first kappa shape index (κ1) is 62.8. The van der Waals surface area contributed by atoms with Crippen molar-refractivity contribution >= 4 is 53.0 Å². The number of benzene rings is 2. The Balaban J connectivity index is 0.000000325. The Kier molecular flexibility index (Phi) is 26.7. The average molecular weight is 1060 g/mol. The molecule has 8 N–H and O–H groups in total. The van der Waals surface area contributed by atoms with Crippen molar-refractivity contribution in [3.63, 3.8) is 0 Å². The first-order valence-corrected chi connectivity index (χ1v) is 27.0. The molecule has 0 spiro atoms. The number of hydrogen-bond donors (Lipinski definition) is 6. The van der Waals surface area contributed by atoms with E-state index in [1.807, 2.05) is 75.6 Å². The molecular formula is C48H66F3LiN6O9S4. The second-order valence-electron chi connectivity index (χ2n) is 17.3. The van der Waals surface area contributed by atoms with Gasteiger partial charge in [-0.25, -0.2) is 19.9 Å². The van der Waals surface area contributed by atoms with E-state index in [1.54, 1.807) is 54.6 Å². The zero-order chi connectivity index (χ0) is 50.4. The molecule has 7 rings (SSSR count). The van der Waals surface area contributed by atoms with E-state index in [1.165, 1.54) is 36.2 Å². The number of alkyl halides is 3. The van der Waals surface area contributed by atoms with Crippen molar-refractivity contribution in [3.8, 4) is 22.3 Å². The second kappa shape index (κ2) is 30.1. The van der Waals surface area contributed by atoms with E-state index in [0.717, 1.165) is 51.5 Å². The van der Waals surface area contributed by atoms with Crippen LogP contribution in [0.15, 0.2) is 95.8 Å². The van der Waals surface area contributed by atoms with Gasteiger partial charge in [0.15, 0.2) is 0 Å². The third kappa shape index (κ3) is 17.5.